The molecule has 0 atom stereocenters. The number of hydrogen-bond donors (Lipinski definition) is 1. The summed E-state index contributed by atoms with van der Waals surface area (Å²) in [5.74, 6) is -1.09. The molecule has 0 fully saturated rings. The lowest BCUT2D eigenvalue weighted by atomic mass is 9.81. The third kappa shape index (κ3) is 5.26. The highest BCUT2D eigenvalue weighted by molar-refractivity contribution is 6.03. The molecule has 0 aliphatic heterocycles. The standard InChI is InChI=1S/C25H22F6N2O2/c1-14-7-5-6-8-18(14)19-12-21(34)32-13-20(19)33(4)22(35)23(2,3)15-9-16(24(26,27)28)11-17(10-15)25(29,30)31/h5-13H,1-4H3,(H,32,34). The lowest BCUT2D eigenvalue weighted by molar-refractivity contribution is -0.143. The first-order chi connectivity index (χ1) is 16.0. The van der Waals surface area contributed by atoms with Crippen molar-refractivity contribution in [3.05, 3.63) is 77.0 Å². The second-order valence-electron chi connectivity index (χ2n) is 8.66. The minimum absolute atomic E-state index is 0.0218. The van der Waals surface area contributed by atoms with Crippen LogP contribution in [-0.4, -0.2) is 23.0 Å². The number of pyridine rings is 1. The van der Waals surface area contributed by atoms with Crippen LogP contribution in [0.5, 0.6) is 5.88 Å². The van der Waals surface area contributed by atoms with E-state index in [1.54, 1.807) is 18.2 Å². The lowest BCUT2D eigenvalue weighted by Crippen LogP contribution is -2.42. The summed E-state index contributed by atoms with van der Waals surface area (Å²) >= 11 is 0. The predicted molar refractivity (Wildman–Crippen MR) is 119 cm³/mol. The summed E-state index contributed by atoms with van der Waals surface area (Å²) in [7, 11) is 1.35. The highest BCUT2D eigenvalue weighted by atomic mass is 19.4. The summed E-state index contributed by atoms with van der Waals surface area (Å²) in [6.07, 6.45) is -8.86. The van der Waals surface area contributed by atoms with Gasteiger partial charge >= 0.3 is 12.4 Å². The van der Waals surface area contributed by atoms with E-state index in [2.05, 4.69) is 4.98 Å². The molecular weight excluding hydrogens is 474 g/mol. The molecule has 35 heavy (non-hydrogen) atoms. The summed E-state index contributed by atoms with van der Waals surface area (Å²) in [4.78, 5) is 18.4. The maximum Gasteiger partial charge on any atom is 0.416 e. The minimum Gasteiger partial charge on any atom is -0.493 e. The quantitative estimate of drug-likeness (QED) is 0.407. The minimum atomic E-state index is -5.04. The van der Waals surface area contributed by atoms with Gasteiger partial charge in [0.2, 0.25) is 11.8 Å². The highest BCUT2D eigenvalue weighted by Gasteiger charge is 2.41. The smallest absolute Gasteiger partial charge is 0.416 e. The molecule has 0 aliphatic rings. The Labute approximate surface area is 197 Å². The normalized spacial score (nSPS) is 12.5. The van der Waals surface area contributed by atoms with E-state index in [0.717, 1.165) is 10.5 Å². The van der Waals surface area contributed by atoms with E-state index in [0.29, 0.717) is 23.3 Å². The zero-order valence-corrected chi connectivity index (χ0v) is 19.2. The van der Waals surface area contributed by atoms with Crippen LogP contribution in [0.25, 0.3) is 11.1 Å². The summed E-state index contributed by atoms with van der Waals surface area (Å²) in [6.45, 7) is 4.31. The van der Waals surface area contributed by atoms with Gasteiger partial charge in [-0.3, -0.25) is 4.79 Å². The summed E-state index contributed by atoms with van der Waals surface area (Å²) in [6, 6.07) is 9.56. The first-order valence-corrected chi connectivity index (χ1v) is 10.4. The van der Waals surface area contributed by atoms with Crippen molar-refractivity contribution < 1.29 is 36.2 Å². The molecule has 4 nitrogen and oxygen atoms in total. The van der Waals surface area contributed by atoms with Gasteiger partial charge in [0.15, 0.2) is 0 Å². The zero-order chi connectivity index (χ0) is 26.3. The maximum atomic E-state index is 13.5. The van der Waals surface area contributed by atoms with E-state index in [1.165, 1.54) is 33.2 Å². The lowest BCUT2D eigenvalue weighted by Gasteiger charge is -2.32. The monoisotopic (exact) mass is 496 g/mol. The topological polar surface area (TPSA) is 53.4 Å². The number of aromatic hydroxyl groups is 1. The number of likely N-dealkylation sites (N-methyl/N-ethyl adjacent to an activating group) is 1. The summed E-state index contributed by atoms with van der Waals surface area (Å²) in [5.41, 5.74) is -3.11. The highest BCUT2D eigenvalue weighted by Crippen LogP contribution is 2.41. The Morgan fingerprint density at radius 3 is 1.89 bits per heavy atom. The molecule has 1 amide bonds. The fraction of sp³-hybridized carbons (Fsp3) is 0.280. The molecule has 3 aromatic rings. The first kappa shape index (κ1) is 26.1. The van der Waals surface area contributed by atoms with Crippen LogP contribution in [0.4, 0.5) is 32.0 Å². The average molecular weight is 496 g/mol. The third-order valence-corrected chi connectivity index (χ3v) is 5.81. The van der Waals surface area contributed by atoms with Gasteiger partial charge in [0.25, 0.3) is 0 Å². The van der Waals surface area contributed by atoms with Gasteiger partial charge in [-0.25, -0.2) is 4.98 Å². The van der Waals surface area contributed by atoms with Gasteiger partial charge in [-0.2, -0.15) is 26.3 Å². The average Bonchev–Trinajstić information content (AvgIpc) is 2.77. The molecular formula is C25H22F6N2O2. The van der Waals surface area contributed by atoms with Crippen LogP contribution >= 0.6 is 0 Å². The van der Waals surface area contributed by atoms with Crippen LogP contribution in [0, 0.1) is 6.92 Å². The van der Waals surface area contributed by atoms with Crippen LogP contribution in [0.1, 0.15) is 36.1 Å². The van der Waals surface area contributed by atoms with Gasteiger partial charge in [-0.15, -0.1) is 0 Å². The molecule has 0 saturated heterocycles. The number of alkyl halides is 6. The second kappa shape index (κ2) is 8.90. The number of hydrogen-bond acceptors (Lipinski definition) is 3. The second-order valence-corrected chi connectivity index (χ2v) is 8.66. The molecule has 3 rings (SSSR count). The Morgan fingerprint density at radius 2 is 1.37 bits per heavy atom. The van der Waals surface area contributed by atoms with Crippen molar-refractivity contribution >= 4 is 11.6 Å². The van der Waals surface area contributed by atoms with Crippen molar-refractivity contribution in [3.8, 4) is 17.0 Å². The Bertz CT molecular complexity index is 1230. The van der Waals surface area contributed by atoms with Crippen molar-refractivity contribution in [2.45, 2.75) is 38.5 Å². The fourth-order valence-corrected chi connectivity index (χ4v) is 3.76. The Morgan fingerprint density at radius 1 is 0.857 bits per heavy atom. The number of rotatable bonds is 4. The molecule has 0 radical (unpaired) electrons. The van der Waals surface area contributed by atoms with Crippen molar-refractivity contribution in [3.63, 3.8) is 0 Å². The Hall–Kier alpha value is -3.56. The van der Waals surface area contributed by atoms with Crippen molar-refractivity contribution in [1.82, 2.24) is 4.98 Å². The van der Waals surface area contributed by atoms with Gasteiger partial charge in [0.1, 0.15) is 0 Å². The van der Waals surface area contributed by atoms with E-state index >= 15 is 0 Å². The number of halogens is 6. The molecule has 1 aromatic heterocycles. The number of carbonyl (C=O) groups excluding carboxylic acids is 1. The number of nitrogens with zero attached hydrogens (tertiary/aromatic N) is 2. The van der Waals surface area contributed by atoms with Crippen molar-refractivity contribution in [1.29, 1.82) is 0 Å². The molecule has 2 aromatic carbocycles. The van der Waals surface area contributed by atoms with E-state index in [4.69, 9.17) is 0 Å². The maximum absolute atomic E-state index is 13.5. The Balaban J connectivity index is 2.13. The number of aryl methyl sites for hydroxylation is 1. The molecule has 0 unspecified atom stereocenters. The molecule has 0 spiro atoms. The molecule has 0 aliphatic carbocycles. The molecule has 10 heteroatoms. The van der Waals surface area contributed by atoms with E-state index in [1.807, 2.05) is 13.0 Å². The van der Waals surface area contributed by atoms with E-state index in [-0.39, 0.29) is 17.6 Å². The Kier molecular flexibility index (Phi) is 6.63. The largest absolute Gasteiger partial charge is 0.493 e. The zero-order valence-electron chi connectivity index (χ0n) is 19.2. The SMILES string of the molecule is Cc1ccccc1-c1cc(O)ncc1N(C)C(=O)C(C)(C)c1cc(C(F)(F)F)cc(C(F)(F)F)c1. The molecule has 1 heterocycles. The molecule has 0 bridgehead atoms. The summed E-state index contributed by atoms with van der Waals surface area (Å²) < 4.78 is 80.2. The van der Waals surface area contributed by atoms with Crippen LogP contribution in [0.3, 0.4) is 0 Å². The van der Waals surface area contributed by atoms with Crippen LogP contribution in [0.2, 0.25) is 0 Å². The molecule has 186 valence electrons. The van der Waals surface area contributed by atoms with Gasteiger partial charge < -0.3 is 10.0 Å². The van der Waals surface area contributed by atoms with Crippen LogP contribution in [0.15, 0.2) is 54.7 Å². The predicted octanol–water partition coefficient (Wildman–Crippen LogP) is 6.74. The van der Waals surface area contributed by atoms with E-state index in [9.17, 15) is 36.2 Å². The van der Waals surface area contributed by atoms with Crippen molar-refractivity contribution in [2.75, 3.05) is 11.9 Å². The number of carbonyl (C=O) groups is 1. The number of anilines is 1. The fourth-order valence-electron chi connectivity index (χ4n) is 3.76. The number of amides is 1. The van der Waals surface area contributed by atoms with E-state index < -0.39 is 40.4 Å². The first-order valence-electron chi connectivity index (χ1n) is 10.4. The summed E-state index contributed by atoms with van der Waals surface area (Å²) in [5, 5.41) is 9.93. The van der Waals surface area contributed by atoms with Gasteiger partial charge in [0, 0.05) is 18.7 Å². The van der Waals surface area contributed by atoms with Crippen LogP contribution < -0.4 is 4.90 Å². The number of benzene rings is 2. The van der Waals surface area contributed by atoms with Crippen LogP contribution in [-0.2, 0) is 22.6 Å². The third-order valence-electron chi connectivity index (χ3n) is 5.81. The van der Waals surface area contributed by atoms with Gasteiger partial charge in [-0.05, 0) is 55.7 Å². The molecule has 0 saturated carbocycles. The van der Waals surface area contributed by atoms with Crippen molar-refractivity contribution in [2.24, 2.45) is 0 Å². The number of aromatic nitrogens is 1. The van der Waals surface area contributed by atoms with Gasteiger partial charge in [-0.1, -0.05) is 24.3 Å². The van der Waals surface area contributed by atoms with Gasteiger partial charge in [0.05, 0.1) is 28.4 Å². The molecule has 1 N–H and O–H groups in total.